The molecule has 1 aliphatic heterocycles. The van der Waals surface area contributed by atoms with Crippen LogP contribution >= 0.6 is 0 Å². The molecule has 62 heavy (non-hydrogen) atoms. The van der Waals surface area contributed by atoms with Crippen LogP contribution in [-0.2, 0) is 0 Å². The van der Waals surface area contributed by atoms with Crippen molar-refractivity contribution >= 4 is 43.6 Å². The maximum absolute atomic E-state index is 5.30. The number of aromatic nitrogens is 5. The zero-order chi connectivity index (χ0) is 40.7. The van der Waals surface area contributed by atoms with Crippen molar-refractivity contribution in [2.24, 2.45) is 0 Å². The molecule has 0 fully saturated rings. The Morgan fingerprint density at radius 1 is 0.290 bits per heavy atom. The molecule has 0 saturated heterocycles. The summed E-state index contributed by atoms with van der Waals surface area (Å²) in [7, 11) is 0. The molecule has 0 N–H and O–H groups in total. The Morgan fingerprint density at radius 3 is 1.47 bits per heavy atom. The fourth-order valence-corrected chi connectivity index (χ4v) is 9.82. The number of benzene rings is 9. The van der Waals surface area contributed by atoms with Gasteiger partial charge < -0.3 is 9.13 Å². The van der Waals surface area contributed by atoms with Crippen LogP contribution in [0.5, 0.6) is 0 Å². The van der Waals surface area contributed by atoms with Gasteiger partial charge in [0.05, 0.1) is 33.4 Å². The Hall–Kier alpha value is -8.41. The van der Waals surface area contributed by atoms with Gasteiger partial charge in [0.1, 0.15) is 0 Å². The predicted molar refractivity (Wildman–Crippen MR) is 255 cm³/mol. The molecule has 0 unspecified atom stereocenters. The quantitative estimate of drug-likeness (QED) is 0.174. The molecule has 0 radical (unpaired) electrons. The van der Waals surface area contributed by atoms with E-state index in [-0.39, 0.29) is 0 Å². The fourth-order valence-electron chi connectivity index (χ4n) is 9.82. The van der Waals surface area contributed by atoms with E-state index in [0.717, 1.165) is 39.0 Å². The van der Waals surface area contributed by atoms with Crippen LogP contribution in [0.4, 0.5) is 0 Å². The first-order valence-electron chi connectivity index (χ1n) is 21.0. The Morgan fingerprint density at radius 2 is 0.758 bits per heavy atom. The van der Waals surface area contributed by atoms with Gasteiger partial charge in [0.15, 0.2) is 17.5 Å². The van der Waals surface area contributed by atoms with Gasteiger partial charge >= 0.3 is 0 Å². The molecule has 3 aromatic heterocycles. The lowest BCUT2D eigenvalue weighted by atomic mass is 9.91. The number of para-hydroxylation sites is 4. The van der Waals surface area contributed by atoms with E-state index in [2.05, 4.69) is 197 Å². The van der Waals surface area contributed by atoms with Crippen LogP contribution in [0.1, 0.15) is 0 Å². The molecule has 5 heteroatoms. The largest absolute Gasteiger partial charge is 0.308 e. The molecule has 13 rings (SSSR count). The summed E-state index contributed by atoms with van der Waals surface area (Å²) in [4.78, 5) is 15.7. The van der Waals surface area contributed by atoms with Crippen molar-refractivity contribution in [1.82, 2.24) is 24.1 Å². The fraction of sp³-hybridized carbons (Fsp3) is 0. The zero-order valence-corrected chi connectivity index (χ0v) is 33.4. The molecule has 0 atom stereocenters. The predicted octanol–water partition coefficient (Wildman–Crippen LogP) is 14.4. The highest BCUT2D eigenvalue weighted by molar-refractivity contribution is 6.28. The molecular formula is C57H35N5. The Bertz CT molecular complexity index is 3730. The Labute approximate surface area is 357 Å². The molecule has 9 aromatic carbocycles. The summed E-state index contributed by atoms with van der Waals surface area (Å²) < 4.78 is 4.93. The minimum Gasteiger partial charge on any atom is -0.308 e. The molecule has 0 spiro atoms. The summed E-state index contributed by atoms with van der Waals surface area (Å²) in [5.74, 6) is 1.86. The third-order valence-electron chi connectivity index (χ3n) is 12.5. The molecule has 0 saturated carbocycles. The monoisotopic (exact) mass is 789 g/mol. The summed E-state index contributed by atoms with van der Waals surface area (Å²) in [6.45, 7) is 0. The number of hydrogen-bond donors (Lipinski definition) is 0. The van der Waals surface area contributed by atoms with Crippen LogP contribution < -0.4 is 0 Å². The van der Waals surface area contributed by atoms with Crippen molar-refractivity contribution in [2.45, 2.75) is 0 Å². The van der Waals surface area contributed by atoms with Crippen LogP contribution in [-0.4, -0.2) is 24.1 Å². The number of fused-ring (bicyclic) bond motifs is 12. The Kier molecular flexibility index (Phi) is 7.54. The van der Waals surface area contributed by atoms with Crippen LogP contribution in [0.25, 0.3) is 123 Å². The molecule has 0 bridgehead atoms. The highest BCUT2D eigenvalue weighted by atomic mass is 15.1. The van der Waals surface area contributed by atoms with E-state index >= 15 is 0 Å². The first kappa shape index (κ1) is 34.5. The van der Waals surface area contributed by atoms with Crippen molar-refractivity contribution in [3.63, 3.8) is 0 Å². The minimum atomic E-state index is 0.610. The minimum absolute atomic E-state index is 0.610. The second-order valence-electron chi connectivity index (χ2n) is 15.9. The first-order chi connectivity index (χ1) is 30.8. The molecule has 12 aromatic rings. The first-order valence-corrected chi connectivity index (χ1v) is 21.0. The van der Waals surface area contributed by atoms with E-state index in [0.29, 0.717) is 17.5 Å². The van der Waals surface area contributed by atoms with E-state index in [9.17, 15) is 0 Å². The van der Waals surface area contributed by atoms with E-state index in [4.69, 9.17) is 15.0 Å². The summed E-state index contributed by atoms with van der Waals surface area (Å²) in [5, 5.41) is 4.83. The third kappa shape index (κ3) is 5.12. The lowest BCUT2D eigenvalue weighted by Gasteiger charge is -2.15. The number of nitrogens with zero attached hydrogens (tertiary/aromatic N) is 5. The normalized spacial score (nSPS) is 11.9. The van der Waals surface area contributed by atoms with Gasteiger partial charge in [-0.25, -0.2) is 15.0 Å². The highest BCUT2D eigenvalue weighted by Crippen LogP contribution is 2.52. The summed E-state index contributed by atoms with van der Waals surface area (Å²) in [5.41, 5.74) is 16.8. The van der Waals surface area contributed by atoms with Gasteiger partial charge in [0, 0.05) is 49.4 Å². The SMILES string of the molecule is c1ccc(-c2ccc(-c3nc(-c4ccccc4)nc(-c4ccccc4-n4c5ccccc5c5c6c7c(cc54)c4ccccc4n7-c4ccccc4-c4ccccc4-6)n3)cc2)cc1. The van der Waals surface area contributed by atoms with Gasteiger partial charge in [-0.3, -0.25) is 0 Å². The lowest BCUT2D eigenvalue weighted by molar-refractivity contribution is 1.06. The van der Waals surface area contributed by atoms with Gasteiger partial charge in [-0.1, -0.05) is 176 Å². The maximum atomic E-state index is 5.30. The average molecular weight is 790 g/mol. The Balaban J connectivity index is 1.11. The standard InChI is InChI=1S/C57H35N5/c1-3-17-36(18-4-1)37-31-33-39(34-32-37)56-58-55(38-19-5-2-6-20-38)59-57(60-56)45-26-12-16-30-50(45)61-49-29-15-11-25-44(49)52-51(61)35-46-42-23-10-14-28-48(42)62-47-27-13-9-22-41(47)40-21-7-8-24-43(40)53(52)54(46)62/h1-35H. The number of hydrogen-bond acceptors (Lipinski definition) is 3. The second kappa shape index (κ2) is 13.6. The maximum Gasteiger partial charge on any atom is 0.166 e. The molecule has 0 aliphatic carbocycles. The van der Waals surface area contributed by atoms with Crippen molar-refractivity contribution < 1.29 is 0 Å². The van der Waals surface area contributed by atoms with Gasteiger partial charge in [-0.05, 0) is 58.7 Å². The molecule has 5 nitrogen and oxygen atoms in total. The van der Waals surface area contributed by atoms with Crippen LogP contribution in [0.3, 0.4) is 0 Å². The molecule has 288 valence electrons. The van der Waals surface area contributed by atoms with Gasteiger partial charge in [-0.2, -0.15) is 0 Å². The smallest absolute Gasteiger partial charge is 0.166 e. The van der Waals surface area contributed by atoms with Crippen molar-refractivity contribution in [3.05, 3.63) is 212 Å². The average Bonchev–Trinajstić information content (AvgIpc) is 3.82. The highest BCUT2D eigenvalue weighted by Gasteiger charge is 2.29. The third-order valence-corrected chi connectivity index (χ3v) is 12.5. The second-order valence-corrected chi connectivity index (χ2v) is 15.9. The van der Waals surface area contributed by atoms with Gasteiger partial charge in [0.25, 0.3) is 0 Å². The molecule has 1 aliphatic rings. The van der Waals surface area contributed by atoms with E-state index in [1.807, 2.05) is 24.3 Å². The summed E-state index contributed by atoms with van der Waals surface area (Å²) in [6, 6.07) is 75.6. The summed E-state index contributed by atoms with van der Waals surface area (Å²) in [6.07, 6.45) is 0. The molecule has 4 heterocycles. The van der Waals surface area contributed by atoms with Crippen LogP contribution in [0.15, 0.2) is 212 Å². The van der Waals surface area contributed by atoms with E-state index < -0.39 is 0 Å². The van der Waals surface area contributed by atoms with Crippen LogP contribution in [0.2, 0.25) is 0 Å². The molecular weight excluding hydrogens is 755 g/mol. The van der Waals surface area contributed by atoms with Gasteiger partial charge in [-0.15, -0.1) is 0 Å². The topological polar surface area (TPSA) is 48.5 Å². The van der Waals surface area contributed by atoms with E-state index in [1.54, 1.807) is 0 Å². The van der Waals surface area contributed by atoms with E-state index in [1.165, 1.54) is 66.1 Å². The van der Waals surface area contributed by atoms with Gasteiger partial charge in [0.2, 0.25) is 0 Å². The molecule has 0 amide bonds. The van der Waals surface area contributed by atoms with Crippen LogP contribution in [0, 0.1) is 0 Å². The van der Waals surface area contributed by atoms with Crippen molar-refractivity contribution in [2.75, 3.05) is 0 Å². The zero-order valence-electron chi connectivity index (χ0n) is 33.4. The number of rotatable bonds is 5. The van der Waals surface area contributed by atoms with Crippen molar-refractivity contribution in [1.29, 1.82) is 0 Å². The summed E-state index contributed by atoms with van der Waals surface area (Å²) >= 11 is 0. The lowest BCUT2D eigenvalue weighted by Crippen LogP contribution is -2.03. The van der Waals surface area contributed by atoms with Crippen molar-refractivity contribution in [3.8, 4) is 78.9 Å².